The number of carbonyl (C=O) groups excluding carboxylic acids is 1. The van der Waals surface area contributed by atoms with E-state index in [9.17, 15) is 14.9 Å². The van der Waals surface area contributed by atoms with Gasteiger partial charge in [0, 0.05) is 29.8 Å². The number of nitrogens with zero attached hydrogens (tertiary/aromatic N) is 2. The van der Waals surface area contributed by atoms with Gasteiger partial charge < -0.3 is 15.2 Å². The first-order valence-corrected chi connectivity index (χ1v) is 9.23. The van der Waals surface area contributed by atoms with Gasteiger partial charge in [-0.15, -0.1) is 0 Å². The van der Waals surface area contributed by atoms with E-state index in [0.29, 0.717) is 25.3 Å². The molecule has 2 heterocycles. The van der Waals surface area contributed by atoms with E-state index in [2.05, 4.69) is 4.90 Å². The summed E-state index contributed by atoms with van der Waals surface area (Å²) >= 11 is 0. The normalized spacial score (nSPS) is 18.8. The van der Waals surface area contributed by atoms with Crippen LogP contribution in [0.5, 0.6) is 11.5 Å². The molecule has 0 radical (unpaired) electrons. The van der Waals surface area contributed by atoms with Crippen LogP contribution in [-0.4, -0.2) is 35.5 Å². The number of nitro benzene ring substituents is 1. The van der Waals surface area contributed by atoms with E-state index in [4.69, 9.17) is 15.2 Å². The minimum absolute atomic E-state index is 0.0795. The Bertz CT molecular complexity index is 930. The maximum atomic E-state index is 11.5. The lowest BCUT2D eigenvalue weighted by Gasteiger charge is -2.26. The van der Waals surface area contributed by atoms with Crippen LogP contribution in [0.1, 0.15) is 40.4 Å². The van der Waals surface area contributed by atoms with Crippen molar-refractivity contribution in [2.75, 3.05) is 19.8 Å². The van der Waals surface area contributed by atoms with Gasteiger partial charge in [-0.25, -0.2) is 0 Å². The second-order valence-electron chi connectivity index (χ2n) is 7.00. The fraction of sp³-hybridized carbons (Fsp3) is 0.350. The molecule has 8 nitrogen and oxygen atoms in total. The molecule has 28 heavy (non-hydrogen) atoms. The molecule has 8 heteroatoms. The molecular formula is C20H21N3O5. The summed E-state index contributed by atoms with van der Waals surface area (Å²) < 4.78 is 11.3. The van der Waals surface area contributed by atoms with Gasteiger partial charge in [0.2, 0.25) is 5.91 Å². The molecule has 4 rings (SSSR count). The first-order chi connectivity index (χ1) is 13.5. The molecule has 2 aromatic rings. The number of benzene rings is 2. The zero-order valence-corrected chi connectivity index (χ0v) is 15.3. The third kappa shape index (κ3) is 3.50. The van der Waals surface area contributed by atoms with Crippen LogP contribution in [0.4, 0.5) is 5.69 Å². The average molecular weight is 383 g/mol. The van der Waals surface area contributed by atoms with Gasteiger partial charge in [-0.3, -0.25) is 19.8 Å². The molecule has 2 N–H and O–H groups in total. The van der Waals surface area contributed by atoms with Gasteiger partial charge in [-0.1, -0.05) is 12.1 Å². The fourth-order valence-electron chi connectivity index (χ4n) is 3.90. The molecule has 1 fully saturated rings. The lowest BCUT2D eigenvalue weighted by molar-refractivity contribution is -0.385. The maximum absolute atomic E-state index is 11.5. The smallest absolute Gasteiger partial charge is 0.274 e. The van der Waals surface area contributed by atoms with Crippen molar-refractivity contribution in [2.45, 2.75) is 25.4 Å². The van der Waals surface area contributed by atoms with Crippen molar-refractivity contribution in [1.82, 2.24) is 4.90 Å². The minimum Gasteiger partial charge on any atom is -0.486 e. The molecule has 1 atom stereocenters. The van der Waals surface area contributed by atoms with Gasteiger partial charge in [-0.2, -0.15) is 0 Å². The van der Waals surface area contributed by atoms with Crippen LogP contribution in [0.15, 0.2) is 36.4 Å². The first-order valence-electron chi connectivity index (χ1n) is 9.23. The van der Waals surface area contributed by atoms with Crippen LogP contribution in [-0.2, 0) is 6.54 Å². The van der Waals surface area contributed by atoms with Crippen LogP contribution < -0.4 is 15.2 Å². The standard InChI is InChI=1S/C20H21N3O5/c21-20(24)14-3-4-15(17(10-14)23(25)26)12-22-7-1-2-16(22)13-5-6-18-19(11-13)28-9-8-27-18/h3-6,10-11,16H,1-2,7-9,12H2,(H2,21,24)/t16-/m0/s1. The number of hydrogen-bond donors (Lipinski definition) is 1. The lowest BCUT2D eigenvalue weighted by Crippen LogP contribution is -2.24. The van der Waals surface area contributed by atoms with Crippen molar-refractivity contribution in [3.63, 3.8) is 0 Å². The summed E-state index contributed by atoms with van der Waals surface area (Å²) in [6.07, 6.45) is 1.97. The highest BCUT2D eigenvalue weighted by atomic mass is 16.6. The number of fused-ring (bicyclic) bond motifs is 1. The summed E-state index contributed by atoms with van der Waals surface area (Å²) in [7, 11) is 0. The Kier molecular flexibility index (Phi) is 4.87. The molecule has 2 aliphatic heterocycles. The number of amides is 1. The number of primary amides is 1. The maximum Gasteiger partial charge on any atom is 0.274 e. The molecule has 0 aromatic heterocycles. The Morgan fingerprint density at radius 2 is 1.96 bits per heavy atom. The van der Waals surface area contributed by atoms with E-state index in [-0.39, 0.29) is 17.3 Å². The quantitative estimate of drug-likeness (QED) is 0.628. The third-order valence-corrected chi connectivity index (χ3v) is 5.25. The molecule has 0 saturated carbocycles. The van der Waals surface area contributed by atoms with Crippen molar-refractivity contribution in [2.24, 2.45) is 5.73 Å². The Morgan fingerprint density at radius 3 is 2.71 bits per heavy atom. The van der Waals surface area contributed by atoms with Crippen molar-refractivity contribution in [3.8, 4) is 11.5 Å². The number of ether oxygens (including phenoxy) is 2. The third-order valence-electron chi connectivity index (χ3n) is 5.25. The molecule has 0 aliphatic carbocycles. The van der Waals surface area contributed by atoms with E-state index >= 15 is 0 Å². The molecule has 0 bridgehead atoms. The summed E-state index contributed by atoms with van der Waals surface area (Å²) in [6, 6.07) is 10.5. The van der Waals surface area contributed by atoms with Crippen LogP contribution in [0.3, 0.4) is 0 Å². The Morgan fingerprint density at radius 1 is 1.18 bits per heavy atom. The number of rotatable bonds is 5. The second kappa shape index (κ2) is 7.47. The highest BCUT2D eigenvalue weighted by Gasteiger charge is 2.29. The molecule has 1 saturated heterocycles. The van der Waals surface area contributed by atoms with Gasteiger partial charge >= 0.3 is 0 Å². The van der Waals surface area contributed by atoms with Crippen LogP contribution in [0, 0.1) is 10.1 Å². The van der Waals surface area contributed by atoms with E-state index in [1.807, 2.05) is 18.2 Å². The van der Waals surface area contributed by atoms with E-state index < -0.39 is 10.8 Å². The summed E-state index contributed by atoms with van der Waals surface area (Å²) in [5.41, 5.74) is 6.99. The topological polar surface area (TPSA) is 108 Å². The first kappa shape index (κ1) is 18.2. The molecule has 0 unspecified atom stereocenters. The minimum atomic E-state index is -0.676. The molecule has 0 spiro atoms. The number of nitro groups is 1. The predicted molar refractivity (Wildman–Crippen MR) is 101 cm³/mol. The Hall–Kier alpha value is -3.13. The number of nitrogens with two attached hydrogens (primary N) is 1. The summed E-state index contributed by atoms with van der Waals surface area (Å²) in [5.74, 6) is 0.814. The fourth-order valence-corrected chi connectivity index (χ4v) is 3.90. The van der Waals surface area contributed by atoms with Gasteiger partial charge in [0.05, 0.1) is 4.92 Å². The largest absolute Gasteiger partial charge is 0.486 e. The molecule has 1 amide bonds. The van der Waals surface area contributed by atoms with E-state index in [1.165, 1.54) is 6.07 Å². The molecular weight excluding hydrogens is 362 g/mol. The van der Waals surface area contributed by atoms with Gasteiger partial charge in [0.25, 0.3) is 5.69 Å². The van der Waals surface area contributed by atoms with E-state index in [1.54, 1.807) is 12.1 Å². The van der Waals surface area contributed by atoms with Crippen LogP contribution >= 0.6 is 0 Å². The zero-order valence-electron chi connectivity index (χ0n) is 15.3. The van der Waals surface area contributed by atoms with Crippen molar-refractivity contribution in [3.05, 3.63) is 63.2 Å². The number of hydrogen-bond acceptors (Lipinski definition) is 6. The molecule has 146 valence electrons. The van der Waals surface area contributed by atoms with Gasteiger partial charge in [0.15, 0.2) is 11.5 Å². The Balaban J connectivity index is 1.59. The monoisotopic (exact) mass is 383 g/mol. The SMILES string of the molecule is NC(=O)c1ccc(CN2CCC[C@H]2c2ccc3c(c2)OCCO3)c([N+](=O)[O-])c1. The van der Waals surface area contributed by atoms with E-state index in [0.717, 1.165) is 36.4 Å². The van der Waals surface area contributed by atoms with Crippen molar-refractivity contribution < 1.29 is 19.2 Å². The number of carbonyl (C=O) groups is 1. The van der Waals surface area contributed by atoms with Crippen molar-refractivity contribution >= 4 is 11.6 Å². The highest BCUT2D eigenvalue weighted by Crippen LogP contribution is 2.39. The lowest BCUT2D eigenvalue weighted by atomic mass is 10.0. The van der Waals surface area contributed by atoms with Crippen molar-refractivity contribution in [1.29, 1.82) is 0 Å². The van der Waals surface area contributed by atoms with Crippen LogP contribution in [0.2, 0.25) is 0 Å². The summed E-state index contributed by atoms with van der Waals surface area (Å²) in [6.45, 7) is 2.35. The summed E-state index contributed by atoms with van der Waals surface area (Å²) in [5, 5.41) is 11.5. The molecule has 2 aromatic carbocycles. The summed E-state index contributed by atoms with van der Waals surface area (Å²) in [4.78, 5) is 24.6. The van der Waals surface area contributed by atoms with Crippen LogP contribution in [0.25, 0.3) is 0 Å². The van der Waals surface area contributed by atoms with Gasteiger partial charge in [-0.05, 0) is 43.1 Å². The zero-order chi connectivity index (χ0) is 19.7. The number of likely N-dealkylation sites (tertiary alicyclic amines) is 1. The second-order valence-corrected chi connectivity index (χ2v) is 7.00. The Labute approximate surface area is 162 Å². The highest BCUT2D eigenvalue weighted by molar-refractivity contribution is 5.93. The van der Waals surface area contributed by atoms with Gasteiger partial charge in [0.1, 0.15) is 13.2 Å². The predicted octanol–water partition coefficient (Wildman–Crippen LogP) is 2.80. The molecule has 2 aliphatic rings. The average Bonchev–Trinajstić information content (AvgIpc) is 3.15.